The fourth-order valence-corrected chi connectivity index (χ4v) is 4.50. The highest BCUT2D eigenvalue weighted by molar-refractivity contribution is 7.89. The highest BCUT2D eigenvalue weighted by atomic mass is 35.5. The second-order valence-electron chi connectivity index (χ2n) is 6.31. The summed E-state index contributed by atoms with van der Waals surface area (Å²) in [6, 6.07) is 14.3. The van der Waals surface area contributed by atoms with Crippen molar-refractivity contribution in [1.82, 2.24) is 9.21 Å². The van der Waals surface area contributed by atoms with E-state index in [-0.39, 0.29) is 0 Å². The van der Waals surface area contributed by atoms with E-state index in [4.69, 9.17) is 16.3 Å². The second-order valence-corrected chi connectivity index (χ2v) is 8.69. The predicted molar refractivity (Wildman–Crippen MR) is 103 cm³/mol. The maximum absolute atomic E-state index is 12.7. The van der Waals surface area contributed by atoms with E-state index in [0.29, 0.717) is 42.7 Å². The summed E-state index contributed by atoms with van der Waals surface area (Å²) >= 11 is 5.84. The van der Waals surface area contributed by atoms with Crippen molar-refractivity contribution in [2.45, 2.75) is 11.8 Å². The van der Waals surface area contributed by atoms with Gasteiger partial charge in [0, 0.05) is 37.7 Å². The molecule has 2 aromatic carbocycles. The standard InChI is InChI=1S/C19H23ClN2O3S/c1-16-4-2-3-5-19(16)25-15-14-21-10-12-22(13-11-21)26(23,24)18-8-6-17(20)7-9-18/h2-9H,10-15H2,1H3. The van der Waals surface area contributed by atoms with Crippen molar-refractivity contribution in [3.63, 3.8) is 0 Å². The molecule has 0 N–H and O–H groups in total. The van der Waals surface area contributed by atoms with Gasteiger partial charge in [-0.1, -0.05) is 29.8 Å². The molecule has 0 spiro atoms. The number of rotatable bonds is 6. The molecule has 26 heavy (non-hydrogen) atoms. The third-order valence-corrected chi connectivity index (χ3v) is 6.71. The van der Waals surface area contributed by atoms with Gasteiger partial charge in [0.05, 0.1) is 4.90 Å². The molecule has 1 aliphatic rings. The minimum absolute atomic E-state index is 0.290. The molecule has 0 aliphatic carbocycles. The zero-order chi connectivity index (χ0) is 18.6. The molecule has 0 aromatic heterocycles. The van der Waals surface area contributed by atoms with E-state index in [2.05, 4.69) is 4.90 Å². The number of piperazine rings is 1. The smallest absolute Gasteiger partial charge is 0.243 e. The zero-order valence-electron chi connectivity index (χ0n) is 14.8. The Labute approximate surface area is 160 Å². The number of halogens is 1. The number of hydrogen-bond donors (Lipinski definition) is 0. The molecule has 140 valence electrons. The van der Waals surface area contributed by atoms with Crippen LogP contribution in [0.4, 0.5) is 0 Å². The number of para-hydroxylation sites is 1. The monoisotopic (exact) mass is 394 g/mol. The first kappa shape index (κ1) is 19.2. The number of aryl methyl sites for hydroxylation is 1. The van der Waals surface area contributed by atoms with Crippen LogP contribution in [0.3, 0.4) is 0 Å². The molecule has 0 atom stereocenters. The Hall–Kier alpha value is -1.60. The van der Waals surface area contributed by atoms with Gasteiger partial charge in [0.1, 0.15) is 12.4 Å². The Morgan fingerprint density at radius 2 is 1.65 bits per heavy atom. The van der Waals surface area contributed by atoms with Gasteiger partial charge in [-0.15, -0.1) is 0 Å². The first-order chi connectivity index (χ1) is 12.5. The summed E-state index contributed by atoms with van der Waals surface area (Å²) in [6.07, 6.45) is 0. The van der Waals surface area contributed by atoms with Crippen LogP contribution < -0.4 is 4.74 Å². The minimum atomic E-state index is -3.45. The molecule has 0 amide bonds. The first-order valence-electron chi connectivity index (χ1n) is 8.63. The van der Waals surface area contributed by atoms with Gasteiger partial charge < -0.3 is 4.74 Å². The number of sulfonamides is 1. The number of ether oxygens (including phenoxy) is 1. The molecule has 1 saturated heterocycles. The van der Waals surface area contributed by atoms with Gasteiger partial charge in [-0.2, -0.15) is 4.31 Å². The molecular formula is C19H23ClN2O3S. The molecule has 3 rings (SSSR count). The summed E-state index contributed by atoms with van der Waals surface area (Å²) in [5.41, 5.74) is 1.12. The Bertz CT molecular complexity index is 832. The lowest BCUT2D eigenvalue weighted by Gasteiger charge is -2.33. The number of benzene rings is 2. The van der Waals surface area contributed by atoms with Crippen LogP contribution in [-0.4, -0.2) is 57.0 Å². The van der Waals surface area contributed by atoms with E-state index in [1.54, 1.807) is 24.3 Å². The van der Waals surface area contributed by atoms with Crippen molar-refractivity contribution in [3.05, 3.63) is 59.1 Å². The van der Waals surface area contributed by atoms with Crippen LogP contribution in [0.1, 0.15) is 5.56 Å². The highest BCUT2D eigenvalue weighted by Crippen LogP contribution is 2.20. The van der Waals surface area contributed by atoms with Gasteiger partial charge in [-0.05, 0) is 42.8 Å². The van der Waals surface area contributed by atoms with Gasteiger partial charge >= 0.3 is 0 Å². The molecule has 0 saturated carbocycles. The van der Waals surface area contributed by atoms with Crippen LogP contribution in [0.2, 0.25) is 5.02 Å². The zero-order valence-corrected chi connectivity index (χ0v) is 16.3. The summed E-state index contributed by atoms with van der Waals surface area (Å²) in [5, 5.41) is 0.530. The predicted octanol–water partition coefficient (Wildman–Crippen LogP) is 3.03. The quantitative estimate of drug-likeness (QED) is 0.755. The van der Waals surface area contributed by atoms with Gasteiger partial charge in [-0.25, -0.2) is 8.42 Å². The van der Waals surface area contributed by atoms with Crippen LogP contribution >= 0.6 is 11.6 Å². The topological polar surface area (TPSA) is 49.9 Å². The summed E-state index contributed by atoms with van der Waals surface area (Å²) < 4.78 is 32.7. The molecule has 1 heterocycles. The number of hydrogen-bond acceptors (Lipinski definition) is 4. The third-order valence-electron chi connectivity index (χ3n) is 4.54. The summed E-state index contributed by atoms with van der Waals surface area (Å²) in [6.45, 7) is 5.76. The molecule has 0 unspecified atom stereocenters. The Balaban J connectivity index is 1.49. The molecule has 7 heteroatoms. The molecule has 0 radical (unpaired) electrons. The maximum atomic E-state index is 12.7. The SMILES string of the molecule is Cc1ccccc1OCCN1CCN(S(=O)(=O)c2ccc(Cl)cc2)CC1. The van der Waals surface area contributed by atoms with E-state index in [0.717, 1.165) is 17.9 Å². The fraction of sp³-hybridized carbons (Fsp3) is 0.368. The molecule has 2 aromatic rings. The van der Waals surface area contributed by atoms with E-state index < -0.39 is 10.0 Å². The lowest BCUT2D eigenvalue weighted by molar-refractivity contribution is 0.158. The van der Waals surface area contributed by atoms with Crippen molar-refractivity contribution < 1.29 is 13.2 Å². The van der Waals surface area contributed by atoms with Crippen molar-refractivity contribution >= 4 is 21.6 Å². The van der Waals surface area contributed by atoms with Crippen LogP contribution in [0.5, 0.6) is 5.75 Å². The normalized spacial score (nSPS) is 16.5. The van der Waals surface area contributed by atoms with Gasteiger partial charge in [0.15, 0.2) is 0 Å². The lowest BCUT2D eigenvalue weighted by atomic mass is 10.2. The Morgan fingerprint density at radius 1 is 1.00 bits per heavy atom. The van der Waals surface area contributed by atoms with Crippen LogP contribution in [-0.2, 0) is 10.0 Å². The van der Waals surface area contributed by atoms with E-state index >= 15 is 0 Å². The third kappa shape index (κ3) is 4.57. The Morgan fingerprint density at radius 3 is 2.31 bits per heavy atom. The number of nitrogens with zero attached hydrogens (tertiary/aromatic N) is 2. The largest absolute Gasteiger partial charge is 0.492 e. The van der Waals surface area contributed by atoms with Crippen molar-refractivity contribution in [2.24, 2.45) is 0 Å². The highest BCUT2D eigenvalue weighted by Gasteiger charge is 2.28. The summed E-state index contributed by atoms with van der Waals surface area (Å²) in [4.78, 5) is 2.52. The summed E-state index contributed by atoms with van der Waals surface area (Å²) in [7, 11) is -3.45. The van der Waals surface area contributed by atoms with Crippen LogP contribution in [0.25, 0.3) is 0 Å². The molecular weight excluding hydrogens is 372 g/mol. The second kappa shape index (κ2) is 8.39. The van der Waals surface area contributed by atoms with Crippen LogP contribution in [0.15, 0.2) is 53.4 Å². The molecule has 5 nitrogen and oxygen atoms in total. The lowest BCUT2D eigenvalue weighted by Crippen LogP contribution is -2.49. The van der Waals surface area contributed by atoms with E-state index in [9.17, 15) is 8.42 Å². The summed E-state index contributed by atoms with van der Waals surface area (Å²) in [5.74, 6) is 0.899. The Kier molecular flexibility index (Phi) is 6.19. The first-order valence-corrected chi connectivity index (χ1v) is 10.4. The van der Waals surface area contributed by atoms with Crippen molar-refractivity contribution in [1.29, 1.82) is 0 Å². The van der Waals surface area contributed by atoms with Crippen LogP contribution in [0, 0.1) is 6.92 Å². The minimum Gasteiger partial charge on any atom is -0.492 e. The average molecular weight is 395 g/mol. The van der Waals surface area contributed by atoms with E-state index in [1.165, 1.54) is 4.31 Å². The van der Waals surface area contributed by atoms with Crippen molar-refractivity contribution in [2.75, 3.05) is 39.3 Å². The maximum Gasteiger partial charge on any atom is 0.243 e. The van der Waals surface area contributed by atoms with Crippen molar-refractivity contribution in [3.8, 4) is 5.75 Å². The van der Waals surface area contributed by atoms with Gasteiger partial charge in [0.2, 0.25) is 10.0 Å². The molecule has 1 aliphatic heterocycles. The van der Waals surface area contributed by atoms with Gasteiger partial charge in [-0.3, -0.25) is 4.90 Å². The average Bonchev–Trinajstić information content (AvgIpc) is 2.64. The molecule has 0 bridgehead atoms. The van der Waals surface area contributed by atoms with E-state index in [1.807, 2.05) is 31.2 Å². The molecule has 1 fully saturated rings. The fourth-order valence-electron chi connectivity index (χ4n) is 2.95. The van der Waals surface area contributed by atoms with Gasteiger partial charge in [0.25, 0.3) is 0 Å².